The van der Waals surface area contributed by atoms with Crippen molar-refractivity contribution >= 4 is 78.9 Å². The van der Waals surface area contributed by atoms with E-state index in [1.807, 2.05) is 30.3 Å². The van der Waals surface area contributed by atoms with Gasteiger partial charge in [0, 0.05) is 111 Å². The number of likely N-dealkylation sites (tertiary alicyclic amines) is 1. The molecule has 2 unspecified atom stereocenters. The van der Waals surface area contributed by atoms with Gasteiger partial charge in [0.2, 0.25) is 11.8 Å². The van der Waals surface area contributed by atoms with E-state index in [1.165, 1.54) is 39.9 Å². The van der Waals surface area contributed by atoms with Crippen molar-refractivity contribution in [2.75, 3.05) is 69.1 Å². The quantitative estimate of drug-likeness (QED) is 0.0183. The van der Waals surface area contributed by atoms with E-state index in [4.69, 9.17) is 16.3 Å². The number of nitro groups is 1. The van der Waals surface area contributed by atoms with Crippen molar-refractivity contribution in [3.05, 3.63) is 152 Å². The Bertz CT molecular complexity index is 3830. The number of piperidine rings is 2. The average Bonchev–Trinajstić information content (AvgIpc) is 2.62. The first-order valence-electron chi connectivity index (χ1n) is 30.2. The minimum Gasteiger partial charge on any atom is -0.455 e. The molecule has 3 fully saturated rings. The molecule has 4 aliphatic heterocycles. The predicted molar refractivity (Wildman–Crippen MR) is 335 cm³/mol. The molecule has 2 atom stereocenters. The lowest BCUT2D eigenvalue weighted by Crippen LogP contribution is -2.52. The van der Waals surface area contributed by atoms with Crippen molar-refractivity contribution in [3.8, 4) is 23.3 Å². The highest BCUT2D eigenvalue weighted by atomic mass is 35.5. The topological polar surface area (TPSA) is 233 Å². The number of carbonyl (C=O) groups is 4. The zero-order chi connectivity index (χ0) is 60.8. The summed E-state index contributed by atoms with van der Waals surface area (Å²) in [5.41, 5.74) is 7.67. The van der Waals surface area contributed by atoms with Crippen molar-refractivity contribution in [1.82, 2.24) is 34.7 Å². The predicted octanol–water partition coefficient (Wildman–Crippen LogP) is 10.7. The summed E-state index contributed by atoms with van der Waals surface area (Å²) in [6.07, 6.45) is 13.7. The van der Waals surface area contributed by atoms with Crippen LogP contribution in [0.1, 0.15) is 128 Å². The SMILES string of the molecule is CC1(C)CCC(CN2CCN(c3ccc(C(=O)NS(=O)(=O)c4ccc(NCC5CCCN(CCCCCCC#Cc6ccc7c(c6)CN(C6CCC(=O)NC6=O)C7=O)C5)c([N+](=O)[O-])c4)c(Oc4cnc5[nH]ccc5c4)c3)CC2)=C(c2ccc(Cl)cc2)C1. The van der Waals surface area contributed by atoms with Gasteiger partial charge in [0.05, 0.1) is 21.6 Å². The highest BCUT2D eigenvalue weighted by molar-refractivity contribution is 7.90. The number of fused-ring (bicyclic) bond motifs is 2. The smallest absolute Gasteiger partial charge is 0.293 e. The van der Waals surface area contributed by atoms with Crippen LogP contribution in [0.2, 0.25) is 5.02 Å². The molecule has 5 aliphatic rings. The second kappa shape index (κ2) is 26.5. The fraction of sp³-hybridized carbons (Fsp3) is 0.409. The highest BCUT2D eigenvalue weighted by Gasteiger charge is 2.39. The van der Waals surface area contributed by atoms with Gasteiger partial charge in [-0.15, -0.1) is 0 Å². The van der Waals surface area contributed by atoms with E-state index >= 15 is 0 Å². The van der Waals surface area contributed by atoms with Crippen molar-refractivity contribution in [2.24, 2.45) is 11.3 Å². The number of imide groups is 1. The van der Waals surface area contributed by atoms with Gasteiger partial charge in [-0.05, 0) is 159 Å². The second-order valence-electron chi connectivity index (χ2n) is 24.4. The molecule has 4 N–H and O–H groups in total. The van der Waals surface area contributed by atoms with Crippen LogP contribution >= 0.6 is 11.6 Å². The molecular formula is C66H73ClN10O9S. The number of sulfonamides is 1. The highest BCUT2D eigenvalue weighted by Crippen LogP contribution is 2.44. The number of ether oxygens (including phenoxy) is 1. The van der Waals surface area contributed by atoms with Gasteiger partial charge in [0.1, 0.15) is 28.9 Å². The lowest BCUT2D eigenvalue weighted by atomic mass is 9.72. The number of aromatic amines is 1. The van der Waals surface area contributed by atoms with E-state index in [0.29, 0.717) is 49.6 Å². The Morgan fingerprint density at radius 3 is 2.53 bits per heavy atom. The molecule has 4 aromatic carbocycles. The molecule has 87 heavy (non-hydrogen) atoms. The first-order chi connectivity index (χ1) is 41.9. The summed E-state index contributed by atoms with van der Waals surface area (Å²) in [7, 11) is -4.62. The zero-order valence-electron chi connectivity index (χ0n) is 49.2. The number of halogens is 1. The van der Waals surface area contributed by atoms with E-state index in [9.17, 15) is 37.7 Å². The molecule has 19 nitrogen and oxygen atoms in total. The molecule has 4 amide bonds. The number of aromatic nitrogens is 2. The summed E-state index contributed by atoms with van der Waals surface area (Å²) in [6.45, 7) is 12.1. The Morgan fingerprint density at radius 1 is 0.908 bits per heavy atom. The number of unbranched alkanes of at least 4 members (excludes halogenated alkanes) is 4. The van der Waals surface area contributed by atoms with Crippen LogP contribution in [0.5, 0.6) is 11.5 Å². The van der Waals surface area contributed by atoms with Gasteiger partial charge in [-0.25, -0.2) is 18.1 Å². The van der Waals surface area contributed by atoms with Crippen LogP contribution in [0.15, 0.2) is 114 Å². The van der Waals surface area contributed by atoms with Crippen molar-refractivity contribution in [2.45, 2.75) is 108 Å². The number of anilines is 2. The minimum atomic E-state index is -4.62. The Kier molecular flexibility index (Phi) is 18.4. The van der Waals surface area contributed by atoms with E-state index in [-0.39, 0.29) is 46.6 Å². The number of pyridine rings is 1. The standard InChI is InChI=1S/C66H73ClN10O9S/c1-66(2)26-24-48(56(38-66)46-13-15-50(67)16-14-46)42-74-30-32-75(33-31-74)51-17-20-55(60(36-51)86-52-35-47-25-27-68-62(47)70-40-52)63(79)72-87(84,85)53-18-21-57(59(37-53)77(82)83)69-39-45-11-9-29-73(41-45)28-8-6-4-3-5-7-10-44-12-19-54-49(34-44)43-76(65(54)81)58-22-23-61(78)71-64(58)80/h12-21,25,27,34-37,40,45,58,69H,3-6,8-9,11,22-24,26,28-33,38-39,41-43H2,1-2H3,(H,68,70)(H,72,79)(H,71,78,80). The van der Waals surface area contributed by atoms with Crippen molar-refractivity contribution < 1.29 is 37.3 Å². The lowest BCUT2D eigenvalue weighted by molar-refractivity contribution is -0.384. The number of rotatable bonds is 20. The molecule has 6 heterocycles. The lowest BCUT2D eigenvalue weighted by Gasteiger charge is -2.39. The largest absolute Gasteiger partial charge is 0.455 e. The maximum atomic E-state index is 14.2. The van der Waals surface area contributed by atoms with Crippen LogP contribution in [-0.4, -0.2) is 127 Å². The van der Waals surface area contributed by atoms with Crippen LogP contribution in [0.3, 0.4) is 0 Å². The fourth-order valence-electron chi connectivity index (χ4n) is 12.7. The van der Waals surface area contributed by atoms with Crippen LogP contribution in [0, 0.1) is 33.3 Å². The van der Waals surface area contributed by atoms with E-state index in [2.05, 4.69) is 77.8 Å². The van der Waals surface area contributed by atoms with Crippen molar-refractivity contribution in [1.29, 1.82) is 0 Å². The Balaban J connectivity index is 0.668. The summed E-state index contributed by atoms with van der Waals surface area (Å²) in [4.78, 5) is 78.9. The summed E-state index contributed by atoms with van der Waals surface area (Å²) < 4.78 is 36.6. The summed E-state index contributed by atoms with van der Waals surface area (Å²) in [5.74, 6) is 5.25. The molecule has 0 bridgehead atoms. The molecule has 454 valence electrons. The first kappa shape index (κ1) is 60.6. The second-order valence-corrected chi connectivity index (χ2v) is 26.5. The van der Waals surface area contributed by atoms with Gasteiger partial charge in [-0.1, -0.05) is 67.8 Å². The zero-order valence-corrected chi connectivity index (χ0v) is 50.7. The van der Waals surface area contributed by atoms with E-state index in [1.54, 1.807) is 36.5 Å². The van der Waals surface area contributed by atoms with Gasteiger partial charge in [0.25, 0.3) is 27.5 Å². The van der Waals surface area contributed by atoms with E-state index < -0.39 is 43.4 Å². The van der Waals surface area contributed by atoms with Gasteiger partial charge in [-0.3, -0.25) is 39.5 Å². The third kappa shape index (κ3) is 14.7. The number of H-pyrrole nitrogens is 1. The van der Waals surface area contributed by atoms with Crippen LogP contribution in [0.4, 0.5) is 17.1 Å². The van der Waals surface area contributed by atoms with E-state index in [0.717, 1.165) is 137 Å². The minimum absolute atomic E-state index is 0.0502. The number of allylic oxidation sites excluding steroid dienone is 1. The maximum Gasteiger partial charge on any atom is 0.293 e. The Labute approximate surface area is 512 Å². The number of hydrogen-bond donors (Lipinski definition) is 4. The number of nitro benzene ring substituents is 1. The molecule has 6 aromatic rings. The molecule has 3 saturated heterocycles. The molecule has 0 saturated carbocycles. The number of hydrogen-bond acceptors (Lipinski definition) is 14. The number of piperazine rings is 1. The Hall–Kier alpha value is -8.09. The van der Waals surface area contributed by atoms with Gasteiger partial charge >= 0.3 is 0 Å². The molecule has 2 aromatic heterocycles. The molecule has 0 spiro atoms. The number of benzene rings is 4. The first-order valence-corrected chi connectivity index (χ1v) is 32.1. The third-order valence-corrected chi connectivity index (χ3v) is 19.1. The number of carbonyl (C=O) groups excluding carboxylic acids is 4. The average molecular weight is 1220 g/mol. The number of nitrogens with one attached hydrogen (secondary N) is 4. The molecule has 21 heteroatoms. The monoisotopic (exact) mass is 1220 g/mol. The third-order valence-electron chi connectivity index (χ3n) is 17.5. The number of amides is 4. The van der Waals surface area contributed by atoms with Crippen LogP contribution in [0.25, 0.3) is 16.6 Å². The van der Waals surface area contributed by atoms with Crippen LogP contribution < -0.4 is 25.0 Å². The Morgan fingerprint density at radius 2 is 1.72 bits per heavy atom. The van der Waals surface area contributed by atoms with Crippen molar-refractivity contribution in [3.63, 3.8) is 0 Å². The summed E-state index contributed by atoms with van der Waals surface area (Å²) in [5, 5.41) is 19.6. The molecule has 0 radical (unpaired) electrons. The van der Waals surface area contributed by atoms with Gasteiger partial charge < -0.3 is 29.7 Å². The van der Waals surface area contributed by atoms with Crippen LogP contribution in [-0.2, 0) is 26.2 Å². The normalized spacial score (nSPS) is 19.1. The summed E-state index contributed by atoms with van der Waals surface area (Å²) in [6, 6.07) is 25.4. The maximum absolute atomic E-state index is 14.2. The fourth-order valence-corrected chi connectivity index (χ4v) is 13.8. The number of nitrogens with zero attached hydrogens (tertiary/aromatic N) is 6. The van der Waals surface area contributed by atoms with Gasteiger partial charge in [0.15, 0.2) is 0 Å². The molecule has 1 aliphatic carbocycles. The molecular weight excluding hydrogens is 1140 g/mol. The molecule has 11 rings (SSSR count). The van der Waals surface area contributed by atoms with Gasteiger partial charge in [-0.2, -0.15) is 0 Å². The summed E-state index contributed by atoms with van der Waals surface area (Å²) >= 11 is 6.28.